The highest BCUT2D eigenvalue weighted by Gasteiger charge is 2.22. The van der Waals surface area contributed by atoms with E-state index in [0.717, 1.165) is 36.7 Å². The molecule has 0 aromatic heterocycles. The zero-order valence-electron chi connectivity index (χ0n) is 12.5. The molecule has 1 aliphatic heterocycles. The predicted octanol–water partition coefficient (Wildman–Crippen LogP) is 2.43. The molecule has 4 nitrogen and oxygen atoms in total. The van der Waals surface area contributed by atoms with Gasteiger partial charge in [0.05, 0.1) is 4.90 Å². The quantitative estimate of drug-likeness (QED) is 0.883. The molecule has 22 heavy (non-hydrogen) atoms. The summed E-state index contributed by atoms with van der Waals surface area (Å²) in [6, 6.07) is 10.5. The van der Waals surface area contributed by atoms with Crippen molar-refractivity contribution in [1.82, 2.24) is 5.32 Å². The van der Waals surface area contributed by atoms with Gasteiger partial charge in [-0.25, -0.2) is 8.42 Å². The summed E-state index contributed by atoms with van der Waals surface area (Å²) in [6.07, 6.45) is 3.15. The molecular formula is C17H19NO3S. The van der Waals surface area contributed by atoms with E-state index in [1.54, 1.807) is 24.3 Å². The predicted molar refractivity (Wildman–Crippen MR) is 87.0 cm³/mol. The van der Waals surface area contributed by atoms with Crippen LogP contribution in [0.3, 0.4) is 0 Å². The lowest BCUT2D eigenvalue weighted by molar-refractivity contribution is 0.0900. The maximum Gasteiger partial charge on any atom is 0.175 e. The van der Waals surface area contributed by atoms with E-state index < -0.39 is 9.84 Å². The van der Waals surface area contributed by atoms with Gasteiger partial charge in [-0.05, 0) is 48.4 Å². The summed E-state index contributed by atoms with van der Waals surface area (Å²) in [5.41, 5.74) is 0.702. The van der Waals surface area contributed by atoms with Crippen molar-refractivity contribution in [2.24, 2.45) is 5.92 Å². The van der Waals surface area contributed by atoms with E-state index in [4.69, 9.17) is 0 Å². The van der Waals surface area contributed by atoms with Crippen molar-refractivity contribution in [2.75, 3.05) is 19.3 Å². The summed E-state index contributed by atoms with van der Waals surface area (Å²) in [5, 5.41) is 4.98. The number of rotatable bonds is 3. The number of fused-ring (bicyclic) bond motifs is 1. The lowest BCUT2D eigenvalue weighted by Gasteiger charge is -2.21. The third kappa shape index (κ3) is 3.05. The third-order valence-corrected chi connectivity index (χ3v) is 5.30. The van der Waals surface area contributed by atoms with E-state index in [1.807, 2.05) is 12.1 Å². The molecule has 2 aromatic carbocycles. The lowest BCUT2D eigenvalue weighted by Crippen LogP contribution is -2.34. The molecule has 2 aromatic rings. The summed E-state index contributed by atoms with van der Waals surface area (Å²) in [5.74, 6) is 0.211. The third-order valence-electron chi connectivity index (χ3n) is 4.19. The minimum absolute atomic E-state index is 0.0430. The molecule has 3 rings (SSSR count). The van der Waals surface area contributed by atoms with Crippen LogP contribution in [0.2, 0.25) is 0 Å². The van der Waals surface area contributed by atoms with Crippen molar-refractivity contribution < 1.29 is 13.2 Å². The Hall–Kier alpha value is -1.72. The minimum Gasteiger partial charge on any atom is -0.316 e. The molecule has 1 atom stereocenters. The van der Waals surface area contributed by atoms with Gasteiger partial charge in [0.2, 0.25) is 0 Å². The maximum absolute atomic E-state index is 12.5. The lowest BCUT2D eigenvalue weighted by atomic mass is 9.90. The molecule has 1 saturated heterocycles. The number of Topliss-reactive ketones (excluding diaryl/α,β-unsaturated/α-hetero) is 1. The summed E-state index contributed by atoms with van der Waals surface area (Å²) in [6.45, 7) is 1.72. The largest absolute Gasteiger partial charge is 0.316 e. The fraction of sp³-hybridized carbons (Fsp3) is 0.353. The molecule has 0 aliphatic carbocycles. The van der Waals surface area contributed by atoms with E-state index in [2.05, 4.69) is 5.32 Å². The average Bonchev–Trinajstić information content (AvgIpc) is 2.53. The number of piperidine rings is 1. The van der Waals surface area contributed by atoms with Crippen molar-refractivity contribution in [1.29, 1.82) is 0 Å². The molecule has 5 heteroatoms. The average molecular weight is 317 g/mol. The Morgan fingerprint density at radius 3 is 2.55 bits per heavy atom. The molecule has 0 saturated carbocycles. The van der Waals surface area contributed by atoms with Crippen molar-refractivity contribution in [3.05, 3.63) is 42.0 Å². The molecule has 1 unspecified atom stereocenters. The molecule has 0 radical (unpaired) electrons. The normalized spacial score (nSPS) is 19.2. The van der Waals surface area contributed by atoms with E-state index in [-0.39, 0.29) is 11.7 Å². The van der Waals surface area contributed by atoms with E-state index in [0.29, 0.717) is 10.5 Å². The highest BCUT2D eigenvalue weighted by atomic mass is 32.2. The number of carbonyl (C=O) groups excluding carboxylic acids is 1. The van der Waals surface area contributed by atoms with Crippen molar-refractivity contribution in [2.45, 2.75) is 17.7 Å². The number of nitrogens with one attached hydrogen (secondary N) is 1. The number of hydrogen-bond acceptors (Lipinski definition) is 4. The van der Waals surface area contributed by atoms with Crippen LogP contribution in [0, 0.1) is 5.92 Å². The number of sulfone groups is 1. The molecule has 0 amide bonds. The first-order valence-electron chi connectivity index (χ1n) is 7.44. The summed E-state index contributed by atoms with van der Waals surface area (Å²) in [4.78, 5) is 12.8. The van der Waals surface area contributed by atoms with Crippen LogP contribution in [0.4, 0.5) is 0 Å². The fourth-order valence-corrected chi connectivity index (χ4v) is 3.58. The Morgan fingerprint density at radius 2 is 1.86 bits per heavy atom. The van der Waals surface area contributed by atoms with Gasteiger partial charge < -0.3 is 5.32 Å². The maximum atomic E-state index is 12.5. The van der Waals surface area contributed by atoms with Crippen LogP contribution in [-0.2, 0) is 9.84 Å². The molecule has 0 bridgehead atoms. The van der Waals surface area contributed by atoms with Crippen LogP contribution in [0.5, 0.6) is 0 Å². The van der Waals surface area contributed by atoms with Crippen LogP contribution >= 0.6 is 0 Å². The van der Waals surface area contributed by atoms with E-state index in [1.165, 1.54) is 6.26 Å². The summed E-state index contributed by atoms with van der Waals surface area (Å²) < 4.78 is 23.2. The first kappa shape index (κ1) is 15.2. The van der Waals surface area contributed by atoms with Crippen LogP contribution < -0.4 is 5.32 Å². The smallest absolute Gasteiger partial charge is 0.175 e. The van der Waals surface area contributed by atoms with Crippen LogP contribution in [0.15, 0.2) is 41.3 Å². The standard InChI is InChI=1S/C17H19NO3S/c1-22(20,21)16-7-6-12-9-14(5-4-13(12)10-16)17(19)15-3-2-8-18-11-15/h4-7,9-10,15,18H,2-3,8,11H2,1H3. The first-order chi connectivity index (χ1) is 10.4. The minimum atomic E-state index is -3.21. The Bertz CT molecular complexity index is 821. The topological polar surface area (TPSA) is 63.2 Å². The number of carbonyl (C=O) groups is 1. The summed E-state index contributed by atoms with van der Waals surface area (Å²) in [7, 11) is -3.21. The second kappa shape index (κ2) is 5.82. The Balaban J connectivity index is 1.94. The Kier molecular flexibility index (Phi) is 4.02. The van der Waals surface area contributed by atoms with Crippen LogP contribution in [-0.4, -0.2) is 33.5 Å². The van der Waals surface area contributed by atoms with E-state index >= 15 is 0 Å². The zero-order chi connectivity index (χ0) is 15.7. The molecule has 116 valence electrons. The number of ketones is 1. The van der Waals surface area contributed by atoms with Crippen molar-refractivity contribution >= 4 is 26.4 Å². The van der Waals surface area contributed by atoms with Gasteiger partial charge in [-0.2, -0.15) is 0 Å². The SMILES string of the molecule is CS(=O)(=O)c1ccc2cc(C(=O)C3CCCNC3)ccc2c1. The highest BCUT2D eigenvalue weighted by Crippen LogP contribution is 2.23. The molecule has 1 heterocycles. The fourth-order valence-electron chi connectivity index (χ4n) is 2.92. The van der Waals surface area contributed by atoms with Gasteiger partial charge in [-0.3, -0.25) is 4.79 Å². The van der Waals surface area contributed by atoms with Gasteiger partial charge >= 0.3 is 0 Å². The Morgan fingerprint density at radius 1 is 1.14 bits per heavy atom. The van der Waals surface area contributed by atoms with Gasteiger partial charge in [0.1, 0.15) is 0 Å². The molecular weight excluding hydrogens is 298 g/mol. The van der Waals surface area contributed by atoms with Crippen LogP contribution in [0.25, 0.3) is 10.8 Å². The van der Waals surface area contributed by atoms with E-state index in [9.17, 15) is 13.2 Å². The van der Waals surface area contributed by atoms with Gasteiger partial charge in [0.25, 0.3) is 0 Å². The van der Waals surface area contributed by atoms with Gasteiger partial charge in [-0.15, -0.1) is 0 Å². The van der Waals surface area contributed by atoms with Crippen molar-refractivity contribution in [3.8, 4) is 0 Å². The number of benzene rings is 2. The van der Waals surface area contributed by atoms with Gasteiger partial charge in [0.15, 0.2) is 15.6 Å². The number of hydrogen-bond donors (Lipinski definition) is 1. The summed E-state index contributed by atoms with van der Waals surface area (Å²) >= 11 is 0. The van der Waals surface area contributed by atoms with Crippen LogP contribution in [0.1, 0.15) is 23.2 Å². The molecule has 1 fully saturated rings. The second-order valence-corrected chi connectivity index (χ2v) is 7.92. The second-order valence-electron chi connectivity index (χ2n) is 5.90. The first-order valence-corrected chi connectivity index (χ1v) is 9.33. The highest BCUT2D eigenvalue weighted by molar-refractivity contribution is 7.90. The zero-order valence-corrected chi connectivity index (χ0v) is 13.3. The van der Waals surface area contributed by atoms with Gasteiger partial charge in [-0.1, -0.05) is 18.2 Å². The molecule has 0 spiro atoms. The van der Waals surface area contributed by atoms with Gasteiger partial charge in [0, 0.05) is 24.3 Å². The Labute approximate surface area is 130 Å². The molecule has 1 aliphatic rings. The monoisotopic (exact) mass is 317 g/mol. The van der Waals surface area contributed by atoms with Crippen molar-refractivity contribution in [3.63, 3.8) is 0 Å². The molecule has 1 N–H and O–H groups in total.